The molecular weight excluding hydrogens is 182 g/mol. The summed E-state index contributed by atoms with van der Waals surface area (Å²) in [7, 11) is 4.11. The van der Waals surface area contributed by atoms with Gasteiger partial charge in [0.2, 0.25) is 0 Å². The van der Waals surface area contributed by atoms with Gasteiger partial charge in [0.05, 0.1) is 6.04 Å². The summed E-state index contributed by atoms with van der Waals surface area (Å²) in [5.74, 6) is 2.65. The molecule has 1 rings (SSSR count). The summed E-state index contributed by atoms with van der Waals surface area (Å²) < 4.78 is 0. The average Bonchev–Trinajstić information content (AvgIpc) is 2.26. The first-order chi connectivity index (χ1) is 7.15. The van der Waals surface area contributed by atoms with Crippen LogP contribution in [0.3, 0.4) is 0 Å². The molecule has 0 spiro atoms. The Kier molecular flexibility index (Phi) is 4.15. The van der Waals surface area contributed by atoms with Gasteiger partial charge < -0.3 is 0 Å². The van der Waals surface area contributed by atoms with Crippen molar-refractivity contribution >= 4 is 0 Å². The van der Waals surface area contributed by atoms with Crippen molar-refractivity contribution in [1.82, 2.24) is 4.90 Å². The number of benzene rings is 1. The molecular formula is C14H17N. The Morgan fingerprint density at radius 2 is 1.93 bits per heavy atom. The summed E-state index contributed by atoms with van der Waals surface area (Å²) in [6.45, 7) is 1.96. The van der Waals surface area contributed by atoms with Crippen LogP contribution in [0.25, 0.3) is 0 Å². The van der Waals surface area contributed by atoms with Crippen LogP contribution in [-0.4, -0.2) is 19.0 Å². The molecule has 1 nitrogen and oxygen atoms in total. The van der Waals surface area contributed by atoms with Crippen molar-refractivity contribution in [2.45, 2.75) is 13.0 Å². The average molecular weight is 199 g/mol. The molecule has 0 saturated heterocycles. The Bertz CT molecular complexity index is 368. The number of likely N-dealkylation sites (N-methyl/N-ethyl adjacent to an activating group) is 1. The van der Waals surface area contributed by atoms with E-state index in [9.17, 15) is 0 Å². The van der Waals surface area contributed by atoms with Crippen molar-refractivity contribution in [2.24, 2.45) is 0 Å². The van der Waals surface area contributed by atoms with Crippen LogP contribution in [0.15, 0.2) is 42.0 Å². The Morgan fingerprint density at radius 1 is 1.33 bits per heavy atom. The molecule has 0 N–H and O–H groups in total. The minimum absolute atomic E-state index is 0.252. The lowest BCUT2D eigenvalue weighted by Gasteiger charge is -2.21. The quantitative estimate of drug-likeness (QED) is 0.677. The van der Waals surface area contributed by atoms with Gasteiger partial charge in [-0.1, -0.05) is 42.3 Å². The Hall–Kier alpha value is -1.52. The first-order valence-corrected chi connectivity index (χ1v) is 5.01. The van der Waals surface area contributed by atoms with Crippen LogP contribution in [-0.2, 0) is 0 Å². The van der Waals surface area contributed by atoms with E-state index in [0.717, 1.165) is 5.57 Å². The zero-order valence-corrected chi connectivity index (χ0v) is 9.57. The zero-order chi connectivity index (χ0) is 11.3. The smallest absolute Gasteiger partial charge is 0.0538 e. The molecule has 78 valence electrons. The van der Waals surface area contributed by atoms with Crippen LogP contribution in [0.5, 0.6) is 0 Å². The van der Waals surface area contributed by atoms with Gasteiger partial charge in [0.15, 0.2) is 0 Å². The molecule has 1 unspecified atom stereocenters. The highest BCUT2D eigenvalue weighted by molar-refractivity contribution is 5.30. The van der Waals surface area contributed by atoms with Gasteiger partial charge in [0.25, 0.3) is 0 Å². The van der Waals surface area contributed by atoms with E-state index in [1.807, 2.05) is 25.1 Å². The molecule has 0 aromatic heterocycles. The van der Waals surface area contributed by atoms with Gasteiger partial charge in [-0.25, -0.2) is 0 Å². The maximum Gasteiger partial charge on any atom is 0.0538 e. The molecule has 0 radical (unpaired) electrons. The summed E-state index contributed by atoms with van der Waals surface area (Å²) in [6, 6.07) is 10.6. The number of hydrogen-bond donors (Lipinski definition) is 0. The molecule has 0 saturated carbocycles. The van der Waals surface area contributed by atoms with Crippen molar-refractivity contribution < 1.29 is 0 Å². The maximum absolute atomic E-state index is 5.36. The first kappa shape index (κ1) is 11.6. The molecule has 0 fully saturated rings. The first-order valence-electron chi connectivity index (χ1n) is 5.01. The maximum atomic E-state index is 5.36. The third-order valence-electron chi connectivity index (χ3n) is 2.33. The highest BCUT2D eigenvalue weighted by Gasteiger charge is 2.10. The van der Waals surface area contributed by atoms with Crippen LogP contribution in [0.1, 0.15) is 18.5 Å². The van der Waals surface area contributed by atoms with Gasteiger partial charge in [-0.05, 0) is 32.2 Å². The highest BCUT2D eigenvalue weighted by atomic mass is 15.1. The van der Waals surface area contributed by atoms with E-state index in [1.165, 1.54) is 5.56 Å². The molecule has 1 aromatic rings. The van der Waals surface area contributed by atoms with Gasteiger partial charge in [0, 0.05) is 0 Å². The molecule has 0 aliphatic carbocycles. The van der Waals surface area contributed by atoms with E-state index >= 15 is 0 Å². The van der Waals surface area contributed by atoms with Gasteiger partial charge in [-0.2, -0.15) is 0 Å². The summed E-state index contributed by atoms with van der Waals surface area (Å²) in [4.78, 5) is 2.15. The fourth-order valence-electron chi connectivity index (χ4n) is 1.48. The molecule has 1 atom stereocenters. The lowest BCUT2D eigenvalue weighted by molar-refractivity contribution is 0.350. The van der Waals surface area contributed by atoms with Gasteiger partial charge in [-0.15, -0.1) is 6.42 Å². The fraction of sp³-hybridized carbons (Fsp3) is 0.286. The fourth-order valence-corrected chi connectivity index (χ4v) is 1.48. The Labute approximate surface area is 92.4 Å². The van der Waals surface area contributed by atoms with E-state index in [1.54, 1.807) is 0 Å². The molecule has 0 bridgehead atoms. The molecule has 0 heterocycles. The molecule has 0 aliphatic heterocycles. The van der Waals surface area contributed by atoms with Gasteiger partial charge in [-0.3, -0.25) is 4.90 Å². The van der Waals surface area contributed by atoms with Gasteiger partial charge in [0.1, 0.15) is 0 Å². The third kappa shape index (κ3) is 3.27. The van der Waals surface area contributed by atoms with E-state index in [-0.39, 0.29) is 6.04 Å². The predicted molar refractivity (Wildman–Crippen MR) is 65.5 cm³/mol. The second-order valence-electron chi connectivity index (χ2n) is 3.81. The normalized spacial score (nSPS) is 13.7. The van der Waals surface area contributed by atoms with Crippen molar-refractivity contribution in [3.05, 3.63) is 47.5 Å². The van der Waals surface area contributed by atoms with Crippen LogP contribution in [0, 0.1) is 12.3 Å². The Morgan fingerprint density at radius 3 is 2.40 bits per heavy atom. The topological polar surface area (TPSA) is 3.24 Å². The van der Waals surface area contributed by atoms with E-state index in [2.05, 4.69) is 43.1 Å². The van der Waals surface area contributed by atoms with Gasteiger partial charge >= 0.3 is 0 Å². The van der Waals surface area contributed by atoms with E-state index in [0.29, 0.717) is 0 Å². The molecule has 0 amide bonds. The van der Waals surface area contributed by atoms with E-state index < -0.39 is 0 Å². The number of hydrogen-bond acceptors (Lipinski definition) is 1. The van der Waals surface area contributed by atoms with E-state index in [4.69, 9.17) is 6.42 Å². The van der Waals surface area contributed by atoms with Crippen LogP contribution in [0.4, 0.5) is 0 Å². The number of rotatable bonds is 3. The van der Waals surface area contributed by atoms with Crippen LogP contribution >= 0.6 is 0 Å². The molecule has 1 heteroatoms. The standard InChI is InChI=1S/C14H17N/c1-5-12(2)11-14(15(3)4)13-9-7-6-8-10-13/h1,6-11,14H,2-4H3/b12-11-. The number of terminal acetylenes is 1. The lowest BCUT2D eigenvalue weighted by Crippen LogP contribution is -2.18. The SMILES string of the molecule is C#C/C(C)=C\C(c1ccccc1)N(C)C. The van der Waals surface area contributed by atoms with Crippen molar-refractivity contribution in [1.29, 1.82) is 0 Å². The monoisotopic (exact) mass is 199 g/mol. The minimum atomic E-state index is 0.252. The van der Waals surface area contributed by atoms with Crippen molar-refractivity contribution in [3.8, 4) is 12.3 Å². The summed E-state index contributed by atoms with van der Waals surface area (Å²) >= 11 is 0. The lowest BCUT2D eigenvalue weighted by atomic mass is 10.0. The molecule has 1 aromatic carbocycles. The van der Waals surface area contributed by atoms with Crippen LogP contribution < -0.4 is 0 Å². The highest BCUT2D eigenvalue weighted by Crippen LogP contribution is 2.20. The largest absolute Gasteiger partial charge is 0.299 e. The summed E-state index contributed by atoms with van der Waals surface area (Å²) in [5.41, 5.74) is 2.23. The molecule has 0 aliphatic rings. The summed E-state index contributed by atoms with van der Waals surface area (Å²) in [6.07, 6.45) is 7.47. The molecule has 15 heavy (non-hydrogen) atoms. The minimum Gasteiger partial charge on any atom is -0.299 e. The van der Waals surface area contributed by atoms with Crippen molar-refractivity contribution in [2.75, 3.05) is 14.1 Å². The second kappa shape index (κ2) is 5.38. The Balaban J connectivity index is 3.01. The van der Waals surface area contributed by atoms with Crippen LogP contribution in [0.2, 0.25) is 0 Å². The number of allylic oxidation sites excluding steroid dienone is 1. The third-order valence-corrected chi connectivity index (χ3v) is 2.33. The predicted octanol–water partition coefficient (Wildman–Crippen LogP) is 2.87. The second-order valence-corrected chi connectivity index (χ2v) is 3.81. The number of nitrogens with zero attached hydrogens (tertiary/aromatic N) is 1. The summed E-state index contributed by atoms with van der Waals surface area (Å²) in [5, 5.41) is 0. The van der Waals surface area contributed by atoms with Crippen molar-refractivity contribution in [3.63, 3.8) is 0 Å². The zero-order valence-electron chi connectivity index (χ0n) is 9.57.